The zero-order chi connectivity index (χ0) is 13.9. The first kappa shape index (κ1) is 14.8. The number of alkyl halides is 3. The van der Waals surface area contributed by atoms with Gasteiger partial charge in [-0.15, -0.1) is 0 Å². The van der Waals surface area contributed by atoms with Crippen LogP contribution in [-0.4, -0.2) is 19.1 Å². The van der Waals surface area contributed by atoms with Crippen LogP contribution in [0.15, 0.2) is 12.3 Å². The van der Waals surface area contributed by atoms with Crippen molar-refractivity contribution in [1.29, 1.82) is 0 Å². The molecule has 0 saturated heterocycles. The van der Waals surface area contributed by atoms with Crippen LogP contribution in [0.5, 0.6) is 0 Å². The highest BCUT2D eigenvalue weighted by atomic mass is 19.4. The van der Waals surface area contributed by atoms with Gasteiger partial charge >= 0.3 is 6.18 Å². The van der Waals surface area contributed by atoms with E-state index in [0.29, 0.717) is 5.69 Å². The summed E-state index contributed by atoms with van der Waals surface area (Å²) < 4.78 is 38.0. The maximum Gasteiger partial charge on any atom is 0.417 e. The molecule has 1 unspecified atom stereocenters. The molecule has 1 atom stereocenters. The van der Waals surface area contributed by atoms with Crippen molar-refractivity contribution < 1.29 is 13.2 Å². The summed E-state index contributed by atoms with van der Waals surface area (Å²) in [7, 11) is 3.47. The van der Waals surface area contributed by atoms with Gasteiger partial charge in [-0.1, -0.05) is 20.3 Å². The first-order valence-corrected chi connectivity index (χ1v) is 6.01. The van der Waals surface area contributed by atoms with E-state index in [1.807, 2.05) is 6.92 Å². The fourth-order valence-electron chi connectivity index (χ4n) is 1.93. The van der Waals surface area contributed by atoms with Crippen molar-refractivity contribution in [3.05, 3.63) is 23.5 Å². The molecule has 0 saturated carbocycles. The van der Waals surface area contributed by atoms with Crippen molar-refractivity contribution in [2.75, 3.05) is 19.0 Å². The lowest BCUT2D eigenvalue weighted by Crippen LogP contribution is -2.16. The predicted octanol–water partition coefficient (Wildman–Crippen LogP) is 4.07. The molecule has 0 fully saturated rings. The van der Waals surface area contributed by atoms with Crippen LogP contribution in [0.25, 0.3) is 0 Å². The minimum atomic E-state index is -4.34. The van der Waals surface area contributed by atoms with Crippen LogP contribution >= 0.6 is 0 Å². The Bertz CT molecular complexity index is 400. The zero-order valence-electron chi connectivity index (χ0n) is 11.2. The van der Waals surface area contributed by atoms with E-state index in [4.69, 9.17) is 0 Å². The Labute approximate surface area is 106 Å². The van der Waals surface area contributed by atoms with E-state index in [2.05, 4.69) is 11.9 Å². The first-order chi connectivity index (χ1) is 8.27. The van der Waals surface area contributed by atoms with Gasteiger partial charge in [-0.05, 0) is 12.5 Å². The van der Waals surface area contributed by atoms with Gasteiger partial charge < -0.3 is 4.90 Å². The number of aromatic nitrogens is 1. The van der Waals surface area contributed by atoms with Gasteiger partial charge in [0.25, 0.3) is 0 Å². The van der Waals surface area contributed by atoms with Crippen molar-refractivity contribution in [3.8, 4) is 0 Å². The molecule has 1 aromatic heterocycles. The van der Waals surface area contributed by atoms with Gasteiger partial charge in [0, 0.05) is 26.2 Å². The highest BCUT2D eigenvalue weighted by Gasteiger charge is 2.32. The quantitative estimate of drug-likeness (QED) is 0.811. The summed E-state index contributed by atoms with van der Waals surface area (Å²) in [6.07, 6.45) is -1.52. The van der Waals surface area contributed by atoms with E-state index in [1.54, 1.807) is 19.0 Å². The molecular formula is C13H19F3N2. The molecule has 0 aliphatic rings. The fourth-order valence-corrected chi connectivity index (χ4v) is 1.93. The second kappa shape index (κ2) is 5.59. The predicted molar refractivity (Wildman–Crippen MR) is 66.9 cm³/mol. The highest BCUT2D eigenvalue weighted by Crippen LogP contribution is 2.34. The van der Waals surface area contributed by atoms with Gasteiger partial charge in [0.1, 0.15) is 0 Å². The number of pyridine rings is 1. The third-order valence-electron chi connectivity index (χ3n) is 2.89. The van der Waals surface area contributed by atoms with Crippen molar-refractivity contribution in [1.82, 2.24) is 4.98 Å². The second-order valence-corrected chi connectivity index (χ2v) is 4.71. The van der Waals surface area contributed by atoms with E-state index >= 15 is 0 Å². The van der Waals surface area contributed by atoms with E-state index in [1.165, 1.54) is 6.07 Å². The van der Waals surface area contributed by atoms with Crippen LogP contribution < -0.4 is 4.90 Å². The SMILES string of the molecule is CCCC(C)c1ncc(C(F)(F)F)cc1N(C)C. The third kappa shape index (κ3) is 3.37. The molecule has 102 valence electrons. The maximum atomic E-state index is 12.7. The molecule has 5 heteroatoms. The number of anilines is 1. The van der Waals surface area contributed by atoms with Crippen LogP contribution in [-0.2, 0) is 6.18 Å². The van der Waals surface area contributed by atoms with Gasteiger partial charge in [0.15, 0.2) is 0 Å². The molecule has 1 aromatic rings. The minimum absolute atomic E-state index is 0.162. The third-order valence-corrected chi connectivity index (χ3v) is 2.89. The van der Waals surface area contributed by atoms with Crippen LogP contribution in [0.2, 0.25) is 0 Å². The molecule has 0 spiro atoms. The van der Waals surface area contributed by atoms with Crippen LogP contribution in [0.1, 0.15) is 43.9 Å². The summed E-state index contributed by atoms with van der Waals surface area (Å²) >= 11 is 0. The van der Waals surface area contributed by atoms with Crippen molar-refractivity contribution in [2.24, 2.45) is 0 Å². The number of nitrogens with zero attached hydrogens (tertiary/aromatic N) is 2. The maximum absolute atomic E-state index is 12.7. The lowest BCUT2D eigenvalue weighted by Gasteiger charge is -2.22. The smallest absolute Gasteiger partial charge is 0.376 e. The van der Waals surface area contributed by atoms with Gasteiger partial charge in [0.05, 0.1) is 16.9 Å². The van der Waals surface area contributed by atoms with Crippen molar-refractivity contribution in [3.63, 3.8) is 0 Å². The van der Waals surface area contributed by atoms with Crippen molar-refractivity contribution in [2.45, 2.75) is 38.8 Å². The van der Waals surface area contributed by atoms with Gasteiger partial charge in [-0.2, -0.15) is 13.2 Å². The summed E-state index contributed by atoms with van der Waals surface area (Å²) in [4.78, 5) is 5.71. The topological polar surface area (TPSA) is 16.1 Å². The molecule has 0 bridgehead atoms. The number of rotatable bonds is 4. The molecule has 18 heavy (non-hydrogen) atoms. The van der Waals surface area contributed by atoms with Crippen molar-refractivity contribution >= 4 is 5.69 Å². The Hall–Kier alpha value is -1.26. The summed E-state index contributed by atoms with van der Waals surface area (Å²) in [6.45, 7) is 4.04. The van der Waals surface area contributed by atoms with Crippen LogP contribution in [0.4, 0.5) is 18.9 Å². The highest BCUT2D eigenvalue weighted by molar-refractivity contribution is 5.52. The van der Waals surface area contributed by atoms with E-state index in [0.717, 1.165) is 24.7 Å². The van der Waals surface area contributed by atoms with Crippen LogP contribution in [0, 0.1) is 0 Å². The molecule has 0 radical (unpaired) electrons. The Morgan fingerprint density at radius 2 is 1.94 bits per heavy atom. The fraction of sp³-hybridized carbons (Fsp3) is 0.615. The normalized spacial score (nSPS) is 13.5. The summed E-state index contributed by atoms with van der Waals surface area (Å²) in [5, 5.41) is 0. The zero-order valence-corrected chi connectivity index (χ0v) is 11.2. The molecule has 0 aromatic carbocycles. The van der Waals surface area contributed by atoms with Gasteiger partial charge in [-0.25, -0.2) is 0 Å². The Kier molecular flexibility index (Phi) is 4.59. The minimum Gasteiger partial charge on any atom is -0.376 e. The Balaban J connectivity index is 3.21. The van der Waals surface area contributed by atoms with E-state index in [-0.39, 0.29) is 5.92 Å². The second-order valence-electron chi connectivity index (χ2n) is 4.71. The average molecular weight is 260 g/mol. The van der Waals surface area contributed by atoms with Gasteiger partial charge in [0.2, 0.25) is 0 Å². The lowest BCUT2D eigenvalue weighted by molar-refractivity contribution is -0.137. The standard InChI is InChI=1S/C13H19F3N2/c1-5-6-9(2)12-11(18(3)4)7-10(8-17-12)13(14,15)16/h7-9H,5-6H2,1-4H3. The number of hydrogen-bond acceptors (Lipinski definition) is 2. The van der Waals surface area contributed by atoms with Crippen LogP contribution in [0.3, 0.4) is 0 Å². The molecule has 0 aliphatic carbocycles. The largest absolute Gasteiger partial charge is 0.417 e. The molecule has 1 rings (SSSR count). The van der Waals surface area contributed by atoms with E-state index < -0.39 is 11.7 Å². The first-order valence-electron chi connectivity index (χ1n) is 6.01. The molecule has 2 nitrogen and oxygen atoms in total. The summed E-state index contributed by atoms with van der Waals surface area (Å²) in [5.74, 6) is 0.162. The Morgan fingerprint density at radius 1 is 1.33 bits per heavy atom. The molecule has 0 amide bonds. The summed E-state index contributed by atoms with van der Waals surface area (Å²) in [5.41, 5.74) is 0.583. The molecular weight excluding hydrogens is 241 g/mol. The summed E-state index contributed by atoms with van der Waals surface area (Å²) in [6, 6.07) is 1.18. The van der Waals surface area contributed by atoms with E-state index in [9.17, 15) is 13.2 Å². The Morgan fingerprint density at radius 3 is 2.39 bits per heavy atom. The molecule has 0 N–H and O–H groups in total. The molecule has 0 aliphatic heterocycles. The average Bonchev–Trinajstić information content (AvgIpc) is 2.27. The monoisotopic (exact) mass is 260 g/mol. The lowest BCUT2D eigenvalue weighted by atomic mass is 9.99. The number of halogens is 3. The van der Waals surface area contributed by atoms with Gasteiger partial charge in [-0.3, -0.25) is 4.98 Å². The number of hydrogen-bond donors (Lipinski definition) is 0. The molecule has 1 heterocycles.